The summed E-state index contributed by atoms with van der Waals surface area (Å²) in [5, 5.41) is 0. The van der Waals surface area contributed by atoms with Gasteiger partial charge in [0.05, 0.1) is 24.5 Å². The fraction of sp³-hybridized carbons (Fsp3) is 0.667. The zero-order valence-electron chi connectivity index (χ0n) is 10.1. The monoisotopic (exact) mass is 238 g/mol. The van der Waals surface area contributed by atoms with E-state index in [0.717, 1.165) is 43.8 Å². The summed E-state index contributed by atoms with van der Waals surface area (Å²) in [6.45, 7) is 1.80. The maximum Gasteiger partial charge on any atom is 0.256 e. The molecule has 0 fully saturated rings. The minimum absolute atomic E-state index is 0.0450. The number of fused-ring (bicyclic) bond motifs is 1. The predicted octanol–water partition coefficient (Wildman–Crippen LogP) is 0.812. The van der Waals surface area contributed by atoms with Gasteiger partial charge in [-0.05, 0) is 12.8 Å². The Bertz CT molecular complexity index is 428. The molecular weight excluding hydrogens is 220 g/mol. The van der Waals surface area contributed by atoms with Crippen LogP contribution in [0.1, 0.15) is 29.9 Å². The second-order valence-corrected chi connectivity index (χ2v) is 4.19. The number of methoxy groups -OCH3 is 1. The van der Waals surface area contributed by atoms with Crippen LogP contribution in [-0.4, -0.2) is 30.3 Å². The van der Waals surface area contributed by atoms with E-state index in [2.05, 4.69) is 9.97 Å². The molecule has 0 aliphatic carbocycles. The summed E-state index contributed by atoms with van der Waals surface area (Å²) in [7, 11) is 1.69. The van der Waals surface area contributed by atoms with Crippen LogP contribution in [-0.2, 0) is 28.9 Å². The molecule has 2 rings (SSSR count). The normalized spacial score (nSPS) is 14.6. The summed E-state index contributed by atoms with van der Waals surface area (Å²) < 4.78 is 10.2. The van der Waals surface area contributed by atoms with Crippen LogP contribution in [0.5, 0.6) is 0 Å². The Hall–Kier alpha value is -1.20. The van der Waals surface area contributed by atoms with Crippen molar-refractivity contribution in [1.29, 1.82) is 0 Å². The van der Waals surface area contributed by atoms with E-state index in [1.165, 1.54) is 0 Å². The average Bonchev–Trinajstić information content (AvgIpc) is 2.35. The molecule has 0 amide bonds. The number of aryl methyl sites for hydroxylation is 1. The van der Waals surface area contributed by atoms with Crippen molar-refractivity contribution in [3.05, 3.63) is 27.4 Å². The Kier molecular flexibility index (Phi) is 4.28. The van der Waals surface area contributed by atoms with Crippen molar-refractivity contribution >= 4 is 0 Å². The first-order valence-electron chi connectivity index (χ1n) is 5.99. The molecule has 0 unspecified atom stereocenters. The molecular formula is C12H18N2O3. The van der Waals surface area contributed by atoms with E-state index in [1.54, 1.807) is 7.11 Å². The minimum atomic E-state index is -0.0450. The van der Waals surface area contributed by atoms with Crippen molar-refractivity contribution in [3.8, 4) is 0 Å². The molecule has 0 saturated carbocycles. The molecule has 94 valence electrons. The highest BCUT2D eigenvalue weighted by atomic mass is 16.5. The van der Waals surface area contributed by atoms with Crippen LogP contribution in [0.15, 0.2) is 4.79 Å². The number of hydrogen-bond acceptors (Lipinski definition) is 4. The van der Waals surface area contributed by atoms with Crippen molar-refractivity contribution in [2.45, 2.75) is 32.3 Å². The summed E-state index contributed by atoms with van der Waals surface area (Å²) in [5.41, 5.74) is 1.55. The van der Waals surface area contributed by atoms with E-state index in [-0.39, 0.29) is 5.56 Å². The number of aromatic nitrogens is 2. The van der Waals surface area contributed by atoms with Gasteiger partial charge >= 0.3 is 0 Å². The zero-order chi connectivity index (χ0) is 12.1. The lowest BCUT2D eigenvalue weighted by Crippen LogP contribution is -2.25. The number of H-pyrrole nitrogens is 1. The summed E-state index contributed by atoms with van der Waals surface area (Å²) >= 11 is 0. The van der Waals surface area contributed by atoms with E-state index < -0.39 is 0 Å². The van der Waals surface area contributed by atoms with Gasteiger partial charge in [-0.1, -0.05) is 0 Å². The molecule has 0 saturated heterocycles. The molecule has 2 heterocycles. The number of nitrogens with one attached hydrogen (secondary N) is 1. The highest BCUT2D eigenvalue weighted by molar-refractivity contribution is 5.19. The predicted molar refractivity (Wildman–Crippen MR) is 63.0 cm³/mol. The van der Waals surface area contributed by atoms with Crippen LogP contribution in [0.2, 0.25) is 0 Å². The first-order chi connectivity index (χ1) is 8.31. The van der Waals surface area contributed by atoms with Crippen molar-refractivity contribution < 1.29 is 9.47 Å². The minimum Gasteiger partial charge on any atom is -0.385 e. The third kappa shape index (κ3) is 3.14. The number of hydrogen-bond donors (Lipinski definition) is 1. The molecule has 5 nitrogen and oxygen atoms in total. The number of nitrogens with zero attached hydrogens (tertiary/aromatic N) is 1. The summed E-state index contributed by atoms with van der Waals surface area (Å²) in [4.78, 5) is 19.1. The van der Waals surface area contributed by atoms with Gasteiger partial charge in [-0.15, -0.1) is 0 Å². The second-order valence-electron chi connectivity index (χ2n) is 4.19. The standard InChI is InChI=1S/C12H18N2O3/c1-16-6-3-2-4-11-13-10-5-7-17-8-9(10)12(15)14-11/h2-8H2,1H3,(H,13,14,15). The Balaban J connectivity index is 2.03. The molecule has 1 aromatic heterocycles. The summed E-state index contributed by atoms with van der Waals surface area (Å²) in [6.07, 6.45) is 3.50. The Labute approximate surface area is 100 Å². The number of rotatable bonds is 5. The number of unbranched alkanes of at least 4 members (excludes halogenated alkanes) is 1. The number of ether oxygens (including phenoxy) is 2. The maximum absolute atomic E-state index is 11.8. The van der Waals surface area contributed by atoms with Crippen LogP contribution in [0.3, 0.4) is 0 Å². The maximum atomic E-state index is 11.8. The Morgan fingerprint density at radius 1 is 1.47 bits per heavy atom. The van der Waals surface area contributed by atoms with Crippen molar-refractivity contribution in [2.24, 2.45) is 0 Å². The van der Waals surface area contributed by atoms with E-state index in [9.17, 15) is 4.79 Å². The lowest BCUT2D eigenvalue weighted by Gasteiger charge is -2.15. The molecule has 0 bridgehead atoms. The fourth-order valence-corrected chi connectivity index (χ4v) is 1.95. The molecule has 0 spiro atoms. The largest absolute Gasteiger partial charge is 0.385 e. The molecule has 0 radical (unpaired) electrons. The van der Waals surface area contributed by atoms with Gasteiger partial charge in [0.1, 0.15) is 5.82 Å². The lowest BCUT2D eigenvalue weighted by atomic mass is 10.1. The third-order valence-electron chi connectivity index (χ3n) is 2.89. The first-order valence-corrected chi connectivity index (χ1v) is 5.99. The average molecular weight is 238 g/mol. The van der Waals surface area contributed by atoms with Gasteiger partial charge in [0.2, 0.25) is 0 Å². The smallest absolute Gasteiger partial charge is 0.256 e. The molecule has 1 aromatic rings. The zero-order valence-corrected chi connectivity index (χ0v) is 10.1. The highest BCUT2D eigenvalue weighted by Crippen LogP contribution is 2.10. The summed E-state index contributed by atoms with van der Waals surface area (Å²) in [6, 6.07) is 0. The molecule has 0 atom stereocenters. The van der Waals surface area contributed by atoms with E-state index in [4.69, 9.17) is 9.47 Å². The Morgan fingerprint density at radius 2 is 2.35 bits per heavy atom. The topological polar surface area (TPSA) is 64.2 Å². The van der Waals surface area contributed by atoms with E-state index in [1.807, 2.05) is 0 Å². The van der Waals surface area contributed by atoms with Gasteiger partial charge in [-0.3, -0.25) is 4.79 Å². The van der Waals surface area contributed by atoms with Crippen LogP contribution in [0, 0.1) is 0 Å². The molecule has 5 heteroatoms. The quantitative estimate of drug-likeness (QED) is 0.771. The van der Waals surface area contributed by atoms with E-state index >= 15 is 0 Å². The molecule has 17 heavy (non-hydrogen) atoms. The molecule has 1 aliphatic heterocycles. The lowest BCUT2D eigenvalue weighted by molar-refractivity contribution is 0.108. The SMILES string of the molecule is COCCCCc1nc2c(c(=O)[nH]1)COCC2. The van der Waals surface area contributed by atoms with Crippen molar-refractivity contribution in [1.82, 2.24) is 9.97 Å². The van der Waals surface area contributed by atoms with E-state index in [0.29, 0.717) is 18.8 Å². The second kappa shape index (κ2) is 5.93. The fourth-order valence-electron chi connectivity index (χ4n) is 1.95. The van der Waals surface area contributed by atoms with Gasteiger partial charge < -0.3 is 14.5 Å². The van der Waals surface area contributed by atoms with Crippen LogP contribution in [0.25, 0.3) is 0 Å². The molecule has 0 aromatic carbocycles. The van der Waals surface area contributed by atoms with Crippen LogP contribution in [0.4, 0.5) is 0 Å². The van der Waals surface area contributed by atoms with Gasteiger partial charge in [-0.25, -0.2) is 4.98 Å². The molecule has 1 N–H and O–H groups in total. The first kappa shape index (κ1) is 12.3. The molecule has 1 aliphatic rings. The van der Waals surface area contributed by atoms with Gasteiger partial charge in [0.25, 0.3) is 5.56 Å². The Morgan fingerprint density at radius 3 is 3.18 bits per heavy atom. The van der Waals surface area contributed by atoms with Crippen LogP contribution >= 0.6 is 0 Å². The van der Waals surface area contributed by atoms with Gasteiger partial charge in [-0.2, -0.15) is 0 Å². The van der Waals surface area contributed by atoms with Crippen molar-refractivity contribution in [3.63, 3.8) is 0 Å². The highest BCUT2D eigenvalue weighted by Gasteiger charge is 2.15. The van der Waals surface area contributed by atoms with Crippen molar-refractivity contribution in [2.75, 3.05) is 20.3 Å². The number of aromatic amines is 1. The third-order valence-corrected chi connectivity index (χ3v) is 2.89. The van der Waals surface area contributed by atoms with Gasteiger partial charge in [0, 0.05) is 26.6 Å². The van der Waals surface area contributed by atoms with Crippen LogP contribution < -0.4 is 5.56 Å². The summed E-state index contributed by atoms with van der Waals surface area (Å²) in [5.74, 6) is 0.784. The van der Waals surface area contributed by atoms with Gasteiger partial charge in [0.15, 0.2) is 0 Å².